The van der Waals surface area contributed by atoms with Crippen LogP contribution in [0.25, 0.3) is 54.2 Å². The smallest absolute Gasteiger partial charge is 0.266 e. The van der Waals surface area contributed by atoms with Crippen molar-refractivity contribution in [1.29, 1.82) is 0 Å². The van der Waals surface area contributed by atoms with Crippen molar-refractivity contribution in [3.63, 3.8) is 0 Å². The molecule has 11 aromatic carbocycles. The molecule has 2 heterocycles. The number of imide groups is 2. The van der Waals surface area contributed by atoms with Crippen molar-refractivity contribution in [2.24, 2.45) is 10.8 Å². The van der Waals surface area contributed by atoms with E-state index < -0.39 is 23.6 Å². The van der Waals surface area contributed by atoms with Crippen LogP contribution < -0.4 is 19.6 Å². The first kappa shape index (κ1) is 67.1. The number of fused-ring (bicyclic) bond motifs is 2. The number of hydrogen-bond acceptors (Lipinski definition) is 6. The first-order valence-electron chi connectivity index (χ1n) is 33.6. The van der Waals surface area contributed by atoms with Crippen molar-refractivity contribution in [3.8, 4) is 0 Å². The third-order valence-corrected chi connectivity index (χ3v) is 20.6. The molecular weight excluding hydrogens is 1340 g/mol. The number of amides is 4. The monoisotopic (exact) mass is 1420 g/mol. The van der Waals surface area contributed by atoms with Crippen LogP contribution in [0.4, 0.5) is 45.5 Å². The zero-order valence-electron chi connectivity index (χ0n) is 58.5. The molecule has 0 radical (unpaired) electrons. The summed E-state index contributed by atoms with van der Waals surface area (Å²) < 4.78 is 1.27. The van der Waals surface area contributed by atoms with Gasteiger partial charge in [-0.15, -0.1) is 0 Å². The molecular formula is C88H82Br2N4O4. The zero-order chi connectivity index (χ0) is 70.0. The van der Waals surface area contributed by atoms with Crippen LogP contribution in [0.3, 0.4) is 0 Å². The molecule has 0 atom stereocenters. The summed E-state index contributed by atoms with van der Waals surface area (Å²) in [5, 5.41) is 5.62. The van der Waals surface area contributed by atoms with Gasteiger partial charge in [0, 0.05) is 86.5 Å². The number of nitrogens with zero attached hydrogens (tertiary/aromatic N) is 4. The number of anilines is 8. The van der Waals surface area contributed by atoms with Crippen LogP contribution in [0.5, 0.6) is 0 Å². The van der Waals surface area contributed by atoms with Crippen molar-refractivity contribution >= 4 is 155 Å². The Kier molecular flexibility index (Phi) is 17.0. The number of carbonyl (C=O) groups is 4. The maximum absolute atomic E-state index is 15.3. The van der Waals surface area contributed by atoms with E-state index in [9.17, 15) is 0 Å². The Bertz CT molecular complexity index is 4870. The molecule has 8 nitrogen and oxygen atoms in total. The fourth-order valence-electron chi connectivity index (χ4n) is 15.9. The quantitative estimate of drug-likeness (QED) is 0.0415. The van der Waals surface area contributed by atoms with Gasteiger partial charge in [-0.05, 0) is 228 Å². The predicted octanol–water partition coefficient (Wildman–Crippen LogP) is 25.2. The highest BCUT2D eigenvalue weighted by molar-refractivity contribution is 9.11. The molecule has 0 unspecified atom stereocenters. The molecule has 0 aliphatic carbocycles. The highest BCUT2D eigenvalue weighted by Gasteiger charge is 2.40. The zero-order valence-corrected chi connectivity index (χ0v) is 61.7. The van der Waals surface area contributed by atoms with Crippen molar-refractivity contribution < 1.29 is 19.2 Å². The molecule has 10 heteroatoms. The second kappa shape index (κ2) is 24.8. The topological polar surface area (TPSA) is 81.2 Å². The lowest BCUT2D eigenvalue weighted by atomic mass is 9.72. The van der Waals surface area contributed by atoms with Gasteiger partial charge in [0.15, 0.2) is 0 Å². The van der Waals surface area contributed by atoms with Gasteiger partial charge in [-0.25, -0.2) is 9.80 Å². The van der Waals surface area contributed by atoms with Gasteiger partial charge in [0.25, 0.3) is 23.6 Å². The van der Waals surface area contributed by atoms with Gasteiger partial charge in [-0.2, -0.15) is 0 Å². The fourth-order valence-corrected chi connectivity index (χ4v) is 17.1. The number of allylic oxidation sites excluding steroid dienone is 6. The maximum Gasteiger partial charge on any atom is 0.266 e. The summed E-state index contributed by atoms with van der Waals surface area (Å²) in [6, 6.07) is 60.9. The number of rotatable bonds is 16. The summed E-state index contributed by atoms with van der Waals surface area (Å²) in [5.41, 5.74) is 17.0. The molecule has 0 spiro atoms. The molecule has 0 aromatic heterocycles. The van der Waals surface area contributed by atoms with Crippen molar-refractivity contribution in [1.82, 2.24) is 0 Å². The molecule has 98 heavy (non-hydrogen) atoms. The highest BCUT2D eigenvalue weighted by atomic mass is 79.9. The van der Waals surface area contributed by atoms with E-state index in [1.165, 1.54) is 20.9 Å². The minimum absolute atomic E-state index is 0.0499. The Balaban J connectivity index is 0.838. The van der Waals surface area contributed by atoms with Crippen LogP contribution in [0.2, 0.25) is 0 Å². The third kappa shape index (κ3) is 12.1. The van der Waals surface area contributed by atoms with Gasteiger partial charge < -0.3 is 9.80 Å². The van der Waals surface area contributed by atoms with Gasteiger partial charge in [0.2, 0.25) is 0 Å². The van der Waals surface area contributed by atoms with Crippen LogP contribution >= 0.6 is 31.9 Å². The molecule has 0 saturated heterocycles. The summed E-state index contributed by atoms with van der Waals surface area (Å²) >= 11 is 7.89. The van der Waals surface area contributed by atoms with Crippen molar-refractivity contribution in [3.05, 3.63) is 272 Å². The Hall–Kier alpha value is -9.48. The van der Waals surface area contributed by atoms with Crippen molar-refractivity contribution in [2.75, 3.05) is 19.6 Å². The van der Waals surface area contributed by atoms with Gasteiger partial charge in [0.1, 0.15) is 0 Å². The van der Waals surface area contributed by atoms with Gasteiger partial charge in [-0.1, -0.05) is 198 Å². The lowest BCUT2D eigenvalue weighted by Crippen LogP contribution is -2.40. The summed E-state index contributed by atoms with van der Waals surface area (Å²) in [5.74, 6) is -1.79. The van der Waals surface area contributed by atoms with E-state index in [-0.39, 0.29) is 21.7 Å². The van der Waals surface area contributed by atoms with E-state index in [2.05, 4.69) is 247 Å². The molecule has 0 bridgehead atoms. The molecule has 13 rings (SSSR count). The van der Waals surface area contributed by atoms with Gasteiger partial charge in [0.05, 0.1) is 22.5 Å². The minimum Gasteiger partial charge on any atom is -0.311 e. The molecule has 0 fully saturated rings. The average molecular weight is 1420 g/mol. The Labute approximate surface area is 593 Å². The van der Waals surface area contributed by atoms with Crippen LogP contribution in [-0.2, 0) is 10.8 Å². The Morgan fingerprint density at radius 3 is 0.929 bits per heavy atom. The second-order valence-electron chi connectivity index (χ2n) is 30.8. The van der Waals surface area contributed by atoms with Crippen LogP contribution in [0.15, 0.2) is 227 Å². The van der Waals surface area contributed by atoms with E-state index in [0.29, 0.717) is 53.3 Å². The summed E-state index contributed by atoms with van der Waals surface area (Å²) in [6.45, 7) is 39.2. The number of hydrogen-bond donors (Lipinski definition) is 0. The Morgan fingerprint density at radius 2 is 0.643 bits per heavy atom. The normalized spacial score (nSPS) is 14.0. The maximum atomic E-state index is 15.3. The SMILES string of the molecule is C=C(C)/C=C(\C)c1ccc(N(c2ccc(N3C(=O)c4ccc5c6c(Br)cc7c8c(ccc(c9c(Br)cc(c4c59)C3=O)c86)C(=O)N(c3ccc(N(c4ccc(/C(C)=C/C(=C)C)cc4)c4ccc(C(C)(C)CC(C)(C)C)cc4)cc3)C7=O)cc2)c2ccc(C(C)(C)CC(C)(C)C)cc2)cc1. The minimum atomic E-state index is -0.452. The van der Waals surface area contributed by atoms with Gasteiger partial charge >= 0.3 is 0 Å². The molecule has 2 aliphatic rings. The first-order chi connectivity index (χ1) is 46.3. The fraction of sp³-hybridized carbons (Fsp3) is 0.227. The van der Waals surface area contributed by atoms with Crippen LogP contribution in [-0.4, -0.2) is 23.6 Å². The van der Waals surface area contributed by atoms with E-state index >= 15 is 19.2 Å². The summed E-state index contributed by atoms with van der Waals surface area (Å²) in [6.07, 6.45) is 6.20. The van der Waals surface area contributed by atoms with Crippen LogP contribution in [0, 0.1) is 10.8 Å². The molecule has 0 N–H and O–H groups in total. The average Bonchev–Trinajstić information content (AvgIpc) is 0.682. The number of carbonyl (C=O) groups excluding carboxylic acids is 4. The molecule has 2 aliphatic heterocycles. The standard InChI is InChI=1S/C88H82Br2N4O4/c1-51(2)45-53(5)55-17-25-59(26-18-55)91(61-29-21-57(22-30-61)87(13,14)49-85(7,8)9)63-33-37-65(38-34-63)93-81(95)69-43-41-67-78-74(90)48-72-76-70(44-42-68(80(76)78)77-73(89)47-71(83(93)97)75(69)79(67)77)82(96)94(84(72)98)66-39-35-64(36-40-66)92(60-27-19-56(20-28-60)54(6)46-52(3)4)62-31-23-58(24-32-62)88(15,16)50-86(10,11)12/h17-48H,1,3,49-50H2,2,4-16H3/b53-45+,54-46+. The van der Waals surface area contributed by atoms with E-state index in [1.54, 1.807) is 12.1 Å². The summed E-state index contributed by atoms with van der Waals surface area (Å²) in [4.78, 5) is 67.8. The van der Waals surface area contributed by atoms with E-state index in [1.807, 2.05) is 86.6 Å². The van der Waals surface area contributed by atoms with E-state index in [4.69, 9.17) is 0 Å². The highest BCUT2D eigenvalue weighted by Crippen LogP contribution is 2.52. The predicted molar refractivity (Wildman–Crippen MR) is 419 cm³/mol. The molecule has 492 valence electrons. The molecule has 11 aromatic rings. The summed E-state index contributed by atoms with van der Waals surface area (Å²) in [7, 11) is 0. The first-order valence-corrected chi connectivity index (χ1v) is 35.1. The molecule has 0 saturated carbocycles. The Morgan fingerprint density at radius 1 is 0.367 bits per heavy atom. The number of halogens is 2. The largest absolute Gasteiger partial charge is 0.311 e. The van der Waals surface area contributed by atoms with E-state index in [0.717, 1.165) is 113 Å². The number of benzene rings is 11. The second-order valence-corrected chi connectivity index (χ2v) is 32.5. The van der Waals surface area contributed by atoms with Crippen molar-refractivity contribution in [2.45, 2.75) is 121 Å². The molecule has 4 amide bonds. The lowest BCUT2D eigenvalue weighted by Gasteiger charge is -2.34. The lowest BCUT2D eigenvalue weighted by molar-refractivity contribution is 0.0877. The van der Waals surface area contributed by atoms with Crippen LogP contribution in [0.1, 0.15) is 173 Å². The van der Waals surface area contributed by atoms with Gasteiger partial charge in [-0.3, -0.25) is 19.2 Å². The third-order valence-electron chi connectivity index (χ3n) is 19.3.